The number of sulfonamides is 1. The van der Waals surface area contributed by atoms with Gasteiger partial charge in [-0.05, 0) is 43.5 Å². The highest BCUT2D eigenvalue weighted by molar-refractivity contribution is 7.89. The molecule has 0 bridgehead atoms. The number of rotatable bonds is 7. The van der Waals surface area contributed by atoms with E-state index in [2.05, 4.69) is 12.2 Å². The maximum Gasteiger partial charge on any atom is 0.244 e. The minimum Gasteiger partial charge on any atom is -0.313 e. The second-order valence-electron chi connectivity index (χ2n) is 5.30. The molecule has 0 aliphatic heterocycles. The summed E-state index contributed by atoms with van der Waals surface area (Å²) >= 11 is 12.3. The first-order chi connectivity index (χ1) is 9.87. The van der Waals surface area contributed by atoms with Crippen LogP contribution in [0.25, 0.3) is 0 Å². The Hall–Kier alpha value is -0.330. The van der Waals surface area contributed by atoms with E-state index < -0.39 is 10.0 Å². The van der Waals surface area contributed by atoms with Crippen LogP contribution in [0.1, 0.15) is 31.7 Å². The summed E-state index contributed by atoms with van der Waals surface area (Å²) in [5.41, 5.74) is 0.747. The van der Waals surface area contributed by atoms with Crippen molar-refractivity contribution in [3.05, 3.63) is 27.7 Å². The van der Waals surface area contributed by atoms with Crippen molar-refractivity contribution in [1.29, 1.82) is 0 Å². The standard InChI is InChI=1S/C14H20Cl2N2O2S/c1-3-6-17-9-10-7-14(13(16)8-12(10)15)21(19,20)18(2)11-4-5-11/h7-8,11,17H,3-6,9H2,1-2H3. The fraction of sp³-hybridized carbons (Fsp3) is 0.571. The Balaban J connectivity index is 2.32. The van der Waals surface area contributed by atoms with Gasteiger partial charge in [0, 0.05) is 24.7 Å². The van der Waals surface area contributed by atoms with Crippen LogP contribution in [0.5, 0.6) is 0 Å². The molecule has 1 N–H and O–H groups in total. The Labute approximate surface area is 136 Å². The minimum absolute atomic E-state index is 0.100. The monoisotopic (exact) mass is 350 g/mol. The predicted octanol–water partition coefficient (Wildman–Crippen LogP) is 3.28. The Morgan fingerprint density at radius 2 is 1.95 bits per heavy atom. The average molecular weight is 351 g/mol. The molecular weight excluding hydrogens is 331 g/mol. The van der Waals surface area contributed by atoms with E-state index in [0.29, 0.717) is 11.6 Å². The van der Waals surface area contributed by atoms with Gasteiger partial charge in [-0.2, -0.15) is 4.31 Å². The van der Waals surface area contributed by atoms with Gasteiger partial charge in [0.05, 0.1) is 5.02 Å². The smallest absolute Gasteiger partial charge is 0.244 e. The maximum atomic E-state index is 12.6. The Kier molecular flexibility index (Phi) is 5.54. The molecule has 1 aliphatic carbocycles. The molecule has 0 radical (unpaired) electrons. The van der Waals surface area contributed by atoms with Gasteiger partial charge in [-0.15, -0.1) is 0 Å². The van der Waals surface area contributed by atoms with Gasteiger partial charge >= 0.3 is 0 Å². The van der Waals surface area contributed by atoms with E-state index in [1.54, 1.807) is 13.1 Å². The van der Waals surface area contributed by atoms with Crippen molar-refractivity contribution in [2.45, 2.75) is 43.7 Å². The second-order valence-corrected chi connectivity index (χ2v) is 8.08. The van der Waals surface area contributed by atoms with Crippen LogP contribution in [-0.4, -0.2) is 32.4 Å². The van der Waals surface area contributed by atoms with Crippen molar-refractivity contribution in [1.82, 2.24) is 9.62 Å². The Morgan fingerprint density at radius 3 is 2.52 bits per heavy atom. The largest absolute Gasteiger partial charge is 0.313 e. The third-order valence-corrected chi connectivity index (χ3v) is 6.29. The summed E-state index contributed by atoms with van der Waals surface area (Å²) in [5.74, 6) is 0. The highest BCUT2D eigenvalue weighted by Gasteiger charge is 2.36. The first-order valence-corrected chi connectivity index (χ1v) is 9.24. The third kappa shape index (κ3) is 3.90. The number of halogens is 2. The zero-order chi connectivity index (χ0) is 15.6. The van der Waals surface area contributed by atoms with Crippen molar-refractivity contribution in [3.63, 3.8) is 0 Å². The van der Waals surface area contributed by atoms with Gasteiger partial charge in [-0.1, -0.05) is 30.1 Å². The number of benzene rings is 1. The molecule has 0 spiro atoms. The molecule has 1 aromatic rings. The van der Waals surface area contributed by atoms with E-state index in [0.717, 1.165) is 31.4 Å². The lowest BCUT2D eigenvalue weighted by atomic mass is 10.2. The number of hydrogen-bond acceptors (Lipinski definition) is 3. The number of hydrogen-bond donors (Lipinski definition) is 1. The lowest BCUT2D eigenvalue weighted by Crippen LogP contribution is -2.29. The van der Waals surface area contributed by atoms with Crippen LogP contribution >= 0.6 is 23.2 Å². The molecule has 4 nitrogen and oxygen atoms in total. The predicted molar refractivity (Wildman–Crippen MR) is 86.4 cm³/mol. The summed E-state index contributed by atoms with van der Waals surface area (Å²) in [4.78, 5) is 0.135. The zero-order valence-corrected chi connectivity index (χ0v) is 14.5. The lowest BCUT2D eigenvalue weighted by Gasteiger charge is -2.18. The quantitative estimate of drug-likeness (QED) is 0.767. The summed E-state index contributed by atoms with van der Waals surface area (Å²) in [6.07, 6.45) is 2.82. The van der Waals surface area contributed by atoms with Crippen LogP contribution < -0.4 is 5.32 Å². The summed E-state index contributed by atoms with van der Waals surface area (Å²) < 4.78 is 26.6. The van der Waals surface area contributed by atoms with E-state index in [1.165, 1.54) is 10.4 Å². The molecule has 1 fully saturated rings. The zero-order valence-electron chi connectivity index (χ0n) is 12.2. The molecule has 0 saturated heterocycles. The van der Waals surface area contributed by atoms with Crippen LogP contribution in [0.15, 0.2) is 17.0 Å². The Bertz CT molecular complexity index is 616. The summed E-state index contributed by atoms with van der Waals surface area (Å²) in [5, 5.41) is 3.87. The molecule has 0 heterocycles. The van der Waals surface area contributed by atoms with Gasteiger partial charge in [-0.25, -0.2) is 8.42 Å². The number of nitrogens with one attached hydrogen (secondary N) is 1. The van der Waals surface area contributed by atoms with Crippen LogP contribution in [0.3, 0.4) is 0 Å². The second kappa shape index (κ2) is 6.84. The fourth-order valence-electron chi connectivity index (χ4n) is 2.09. The Morgan fingerprint density at radius 1 is 1.29 bits per heavy atom. The van der Waals surface area contributed by atoms with E-state index in [-0.39, 0.29) is 16.0 Å². The van der Waals surface area contributed by atoms with E-state index in [4.69, 9.17) is 23.2 Å². The average Bonchev–Trinajstić information content (AvgIpc) is 3.24. The highest BCUT2D eigenvalue weighted by Crippen LogP contribution is 2.35. The molecule has 1 saturated carbocycles. The molecule has 118 valence electrons. The van der Waals surface area contributed by atoms with Gasteiger partial charge in [0.25, 0.3) is 0 Å². The van der Waals surface area contributed by atoms with Crippen LogP contribution in [0, 0.1) is 0 Å². The summed E-state index contributed by atoms with van der Waals surface area (Å²) in [6, 6.07) is 3.20. The van der Waals surface area contributed by atoms with E-state index in [1.807, 2.05) is 0 Å². The van der Waals surface area contributed by atoms with Crippen molar-refractivity contribution in [3.8, 4) is 0 Å². The van der Waals surface area contributed by atoms with Gasteiger partial charge in [0.2, 0.25) is 10.0 Å². The van der Waals surface area contributed by atoms with Gasteiger partial charge in [0.15, 0.2) is 0 Å². The van der Waals surface area contributed by atoms with Crippen molar-refractivity contribution < 1.29 is 8.42 Å². The normalized spacial score (nSPS) is 15.7. The molecule has 0 atom stereocenters. The molecule has 1 aromatic carbocycles. The SMILES string of the molecule is CCCNCc1cc(S(=O)(=O)N(C)C2CC2)c(Cl)cc1Cl. The van der Waals surface area contributed by atoms with Gasteiger partial charge in [-0.3, -0.25) is 0 Å². The molecule has 2 rings (SSSR count). The van der Waals surface area contributed by atoms with Crippen molar-refractivity contribution >= 4 is 33.2 Å². The molecular formula is C14H20Cl2N2O2S. The molecule has 0 aromatic heterocycles. The van der Waals surface area contributed by atoms with Crippen molar-refractivity contribution in [2.24, 2.45) is 0 Å². The molecule has 0 unspecified atom stereocenters. The highest BCUT2D eigenvalue weighted by atomic mass is 35.5. The molecule has 0 amide bonds. The minimum atomic E-state index is -3.56. The molecule has 1 aliphatic rings. The van der Waals surface area contributed by atoms with Crippen LogP contribution in [-0.2, 0) is 16.6 Å². The maximum absolute atomic E-state index is 12.6. The lowest BCUT2D eigenvalue weighted by molar-refractivity contribution is 0.464. The van der Waals surface area contributed by atoms with E-state index in [9.17, 15) is 8.42 Å². The van der Waals surface area contributed by atoms with Crippen molar-refractivity contribution in [2.75, 3.05) is 13.6 Å². The molecule has 7 heteroatoms. The molecule has 21 heavy (non-hydrogen) atoms. The fourth-order valence-corrected chi connectivity index (χ4v) is 4.35. The first kappa shape index (κ1) is 17.0. The first-order valence-electron chi connectivity index (χ1n) is 7.04. The van der Waals surface area contributed by atoms with Gasteiger partial charge < -0.3 is 5.32 Å². The van der Waals surface area contributed by atoms with E-state index >= 15 is 0 Å². The summed E-state index contributed by atoms with van der Waals surface area (Å²) in [6.45, 7) is 3.44. The van der Waals surface area contributed by atoms with Crippen LogP contribution in [0.2, 0.25) is 10.0 Å². The van der Waals surface area contributed by atoms with Gasteiger partial charge in [0.1, 0.15) is 4.90 Å². The van der Waals surface area contributed by atoms with Crippen LogP contribution in [0.4, 0.5) is 0 Å². The number of nitrogens with zero attached hydrogens (tertiary/aromatic N) is 1. The third-order valence-electron chi connectivity index (χ3n) is 3.56. The summed E-state index contributed by atoms with van der Waals surface area (Å²) in [7, 11) is -1.96. The topological polar surface area (TPSA) is 49.4 Å².